The summed E-state index contributed by atoms with van der Waals surface area (Å²) in [6.45, 7) is 2.01. The van der Waals surface area contributed by atoms with E-state index in [4.69, 9.17) is 4.42 Å². The SMILES string of the molecule is O=[N+]([O-])c1cc(F)c(NCC(c2ccco2)N2CCCC2)c(F)c1. The van der Waals surface area contributed by atoms with E-state index in [2.05, 4.69) is 10.2 Å². The zero-order chi connectivity index (χ0) is 17.1. The maximum atomic E-state index is 14.0. The molecule has 0 amide bonds. The second-order valence-corrected chi connectivity index (χ2v) is 5.70. The molecule has 1 aromatic heterocycles. The highest BCUT2D eigenvalue weighted by atomic mass is 19.1. The summed E-state index contributed by atoms with van der Waals surface area (Å²) in [6, 6.07) is 4.86. The minimum absolute atomic E-state index is 0.156. The average Bonchev–Trinajstić information content (AvgIpc) is 3.23. The van der Waals surface area contributed by atoms with Gasteiger partial charge >= 0.3 is 0 Å². The van der Waals surface area contributed by atoms with Gasteiger partial charge in [0.15, 0.2) is 11.6 Å². The Morgan fingerprint density at radius 2 is 1.96 bits per heavy atom. The predicted octanol–water partition coefficient (Wildman–Crippen LogP) is 3.72. The number of non-ortho nitro benzene ring substituents is 1. The van der Waals surface area contributed by atoms with Crippen molar-refractivity contribution in [2.24, 2.45) is 0 Å². The number of furan rings is 1. The number of benzene rings is 1. The summed E-state index contributed by atoms with van der Waals surface area (Å²) < 4.78 is 33.4. The minimum Gasteiger partial charge on any atom is -0.468 e. The van der Waals surface area contributed by atoms with Gasteiger partial charge in [-0.05, 0) is 38.1 Å². The van der Waals surface area contributed by atoms with Crippen LogP contribution in [0, 0.1) is 21.7 Å². The smallest absolute Gasteiger partial charge is 0.275 e. The first kappa shape index (κ1) is 16.4. The van der Waals surface area contributed by atoms with Gasteiger partial charge in [-0.25, -0.2) is 8.78 Å². The summed E-state index contributed by atoms with van der Waals surface area (Å²) in [5.74, 6) is -1.25. The first-order chi connectivity index (χ1) is 11.6. The Balaban J connectivity index is 1.78. The third-order valence-corrected chi connectivity index (χ3v) is 4.16. The highest BCUT2D eigenvalue weighted by molar-refractivity contribution is 5.51. The third kappa shape index (κ3) is 3.38. The second kappa shape index (κ2) is 6.96. The Labute approximate surface area is 137 Å². The highest BCUT2D eigenvalue weighted by Crippen LogP contribution is 2.29. The molecule has 0 radical (unpaired) electrons. The van der Waals surface area contributed by atoms with Gasteiger partial charge in [-0.15, -0.1) is 0 Å². The van der Waals surface area contributed by atoms with E-state index in [9.17, 15) is 18.9 Å². The molecule has 8 heteroatoms. The molecule has 1 aliphatic rings. The topological polar surface area (TPSA) is 71.5 Å². The maximum absolute atomic E-state index is 14.0. The Morgan fingerprint density at radius 1 is 1.29 bits per heavy atom. The van der Waals surface area contributed by atoms with Crippen LogP contribution in [0.4, 0.5) is 20.2 Å². The van der Waals surface area contributed by atoms with Gasteiger partial charge in [0.05, 0.1) is 29.4 Å². The van der Waals surface area contributed by atoms with E-state index in [1.165, 1.54) is 0 Å². The van der Waals surface area contributed by atoms with Crippen LogP contribution in [-0.2, 0) is 0 Å². The standard InChI is InChI=1S/C16H17F2N3O3/c17-12-8-11(21(22)23)9-13(18)16(12)19-10-14(15-4-3-7-24-15)20-5-1-2-6-20/h3-4,7-9,14,19H,1-2,5-6,10H2. The molecule has 0 spiro atoms. The quantitative estimate of drug-likeness (QED) is 0.642. The lowest BCUT2D eigenvalue weighted by Crippen LogP contribution is -2.31. The van der Waals surface area contributed by atoms with E-state index in [0.29, 0.717) is 17.9 Å². The molecule has 0 aliphatic carbocycles. The van der Waals surface area contributed by atoms with Gasteiger partial charge in [0.2, 0.25) is 0 Å². The van der Waals surface area contributed by atoms with Crippen LogP contribution in [0.2, 0.25) is 0 Å². The molecular formula is C16H17F2N3O3. The molecule has 1 unspecified atom stereocenters. The molecule has 2 heterocycles. The van der Waals surface area contributed by atoms with Gasteiger partial charge in [0.1, 0.15) is 11.4 Å². The van der Waals surface area contributed by atoms with E-state index in [1.807, 2.05) is 6.07 Å². The van der Waals surface area contributed by atoms with E-state index in [0.717, 1.165) is 25.9 Å². The maximum Gasteiger partial charge on any atom is 0.275 e. The first-order valence-corrected chi connectivity index (χ1v) is 7.71. The molecule has 2 aromatic rings. The summed E-state index contributed by atoms with van der Waals surface area (Å²) in [5, 5.41) is 13.4. The normalized spacial score (nSPS) is 16.2. The molecule has 1 saturated heterocycles. The lowest BCUT2D eigenvalue weighted by Gasteiger charge is -2.26. The van der Waals surface area contributed by atoms with Gasteiger partial charge in [0, 0.05) is 6.54 Å². The van der Waals surface area contributed by atoms with Crippen molar-refractivity contribution in [1.82, 2.24) is 4.90 Å². The van der Waals surface area contributed by atoms with Crippen molar-refractivity contribution in [3.63, 3.8) is 0 Å². The second-order valence-electron chi connectivity index (χ2n) is 5.70. The summed E-state index contributed by atoms with van der Waals surface area (Å²) in [4.78, 5) is 12.0. The van der Waals surface area contributed by atoms with Crippen molar-refractivity contribution < 1.29 is 18.1 Å². The highest BCUT2D eigenvalue weighted by Gasteiger charge is 2.26. The van der Waals surface area contributed by atoms with Gasteiger partial charge < -0.3 is 9.73 Å². The Kier molecular flexibility index (Phi) is 4.75. The van der Waals surface area contributed by atoms with Crippen molar-refractivity contribution in [3.05, 3.63) is 58.0 Å². The van der Waals surface area contributed by atoms with Gasteiger partial charge in [-0.2, -0.15) is 0 Å². The third-order valence-electron chi connectivity index (χ3n) is 4.16. The Morgan fingerprint density at radius 3 is 2.50 bits per heavy atom. The molecule has 128 valence electrons. The average molecular weight is 337 g/mol. The summed E-state index contributed by atoms with van der Waals surface area (Å²) in [7, 11) is 0. The summed E-state index contributed by atoms with van der Waals surface area (Å²) in [5.41, 5.74) is -0.978. The molecule has 0 bridgehead atoms. The number of nitrogens with zero attached hydrogens (tertiary/aromatic N) is 2. The van der Waals surface area contributed by atoms with Crippen LogP contribution in [-0.4, -0.2) is 29.5 Å². The molecule has 1 N–H and O–H groups in total. The van der Waals surface area contributed by atoms with Crippen LogP contribution in [0.25, 0.3) is 0 Å². The van der Waals surface area contributed by atoms with Crippen molar-refractivity contribution >= 4 is 11.4 Å². The molecule has 1 fully saturated rings. The Hall–Kier alpha value is -2.48. The number of likely N-dealkylation sites (tertiary alicyclic amines) is 1. The molecule has 1 aromatic carbocycles. The van der Waals surface area contributed by atoms with Crippen LogP contribution < -0.4 is 5.32 Å². The molecule has 6 nitrogen and oxygen atoms in total. The fourth-order valence-corrected chi connectivity index (χ4v) is 2.98. The van der Waals surface area contributed by atoms with Crippen LogP contribution in [0.1, 0.15) is 24.6 Å². The number of anilines is 1. The first-order valence-electron chi connectivity index (χ1n) is 7.71. The van der Waals surface area contributed by atoms with Crippen molar-refractivity contribution in [1.29, 1.82) is 0 Å². The van der Waals surface area contributed by atoms with Crippen LogP contribution >= 0.6 is 0 Å². The van der Waals surface area contributed by atoms with Crippen LogP contribution in [0.3, 0.4) is 0 Å². The molecular weight excluding hydrogens is 320 g/mol. The fourth-order valence-electron chi connectivity index (χ4n) is 2.98. The van der Waals surface area contributed by atoms with E-state index in [1.54, 1.807) is 12.3 Å². The zero-order valence-electron chi connectivity index (χ0n) is 12.9. The van der Waals surface area contributed by atoms with Crippen molar-refractivity contribution in [2.75, 3.05) is 25.0 Å². The number of nitrogens with one attached hydrogen (secondary N) is 1. The van der Waals surface area contributed by atoms with E-state index < -0.39 is 22.2 Å². The van der Waals surface area contributed by atoms with Crippen LogP contribution in [0.5, 0.6) is 0 Å². The van der Waals surface area contributed by atoms with Crippen molar-refractivity contribution in [3.8, 4) is 0 Å². The number of nitro benzene ring substituents is 1. The molecule has 1 atom stereocenters. The number of hydrogen-bond acceptors (Lipinski definition) is 5. The number of hydrogen-bond donors (Lipinski definition) is 1. The summed E-state index contributed by atoms with van der Waals surface area (Å²) >= 11 is 0. The van der Waals surface area contributed by atoms with E-state index in [-0.39, 0.29) is 18.3 Å². The number of nitro groups is 1. The van der Waals surface area contributed by atoms with Gasteiger partial charge in [0.25, 0.3) is 5.69 Å². The fraction of sp³-hybridized carbons (Fsp3) is 0.375. The Bertz CT molecular complexity index is 692. The molecule has 3 rings (SSSR count). The number of halogens is 2. The van der Waals surface area contributed by atoms with Gasteiger partial charge in [-0.1, -0.05) is 0 Å². The lowest BCUT2D eigenvalue weighted by atomic mass is 10.1. The predicted molar refractivity (Wildman–Crippen MR) is 83.8 cm³/mol. The monoisotopic (exact) mass is 337 g/mol. The molecule has 0 saturated carbocycles. The van der Waals surface area contributed by atoms with Crippen molar-refractivity contribution in [2.45, 2.75) is 18.9 Å². The zero-order valence-corrected chi connectivity index (χ0v) is 12.9. The minimum atomic E-state index is -0.985. The molecule has 1 aliphatic heterocycles. The van der Waals surface area contributed by atoms with Gasteiger partial charge in [-0.3, -0.25) is 15.0 Å². The summed E-state index contributed by atoms with van der Waals surface area (Å²) in [6.07, 6.45) is 3.69. The molecule has 24 heavy (non-hydrogen) atoms. The lowest BCUT2D eigenvalue weighted by molar-refractivity contribution is -0.385. The van der Waals surface area contributed by atoms with E-state index >= 15 is 0 Å². The van der Waals surface area contributed by atoms with Crippen LogP contribution in [0.15, 0.2) is 34.9 Å². The largest absolute Gasteiger partial charge is 0.468 e. The number of rotatable bonds is 6.